The van der Waals surface area contributed by atoms with E-state index in [-0.39, 0.29) is 0 Å². The minimum Gasteiger partial charge on any atom is -0.468 e. The van der Waals surface area contributed by atoms with Crippen LogP contribution in [0.15, 0.2) is 0 Å². The van der Waals surface area contributed by atoms with Crippen molar-refractivity contribution in [3.8, 4) is 0 Å². The first-order valence-electron chi connectivity index (χ1n) is 2.50. The molecule has 0 bridgehead atoms. The number of carbonyl (C=O) groups excluding carboxylic acids is 1. The van der Waals surface area contributed by atoms with E-state index in [2.05, 4.69) is 4.74 Å². The van der Waals surface area contributed by atoms with Crippen LogP contribution in [0.5, 0.6) is 0 Å². The topological polar surface area (TPSA) is 69.4 Å². The van der Waals surface area contributed by atoms with Crippen LogP contribution in [0.1, 0.15) is 0 Å². The zero-order chi connectivity index (χ0) is 9.02. The first kappa shape index (κ1) is 10.4. The van der Waals surface area contributed by atoms with Crippen molar-refractivity contribution < 1.29 is 14.5 Å². The van der Waals surface area contributed by atoms with Gasteiger partial charge in [-0.15, -0.1) is 11.6 Å². The molecule has 2 unspecified atom stereocenters. The van der Waals surface area contributed by atoms with E-state index >= 15 is 0 Å². The van der Waals surface area contributed by atoms with Crippen LogP contribution >= 0.6 is 23.2 Å². The molecule has 2 atom stereocenters. The Kier molecular flexibility index (Phi) is 4.14. The molecule has 0 aliphatic carbocycles. The Labute approximate surface area is 72.4 Å². The number of alkyl halides is 2. The van der Waals surface area contributed by atoms with Gasteiger partial charge in [-0.25, -0.2) is 0 Å². The van der Waals surface area contributed by atoms with Crippen LogP contribution in [0.3, 0.4) is 0 Å². The van der Waals surface area contributed by atoms with Crippen molar-refractivity contribution >= 4 is 29.2 Å². The van der Waals surface area contributed by atoms with E-state index in [4.69, 9.17) is 23.2 Å². The third-order valence-corrected chi connectivity index (χ3v) is 1.83. The number of halogens is 2. The molecule has 0 aromatic carbocycles. The fraction of sp³-hybridized carbons (Fsp3) is 0.750. The molecule has 0 saturated heterocycles. The lowest BCUT2D eigenvalue weighted by atomic mass is 10.4. The Bertz CT molecular complexity index is 173. The first-order valence-corrected chi connectivity index (χ1v) is 3.37. The second kappa shape index (κ2) is 4.35. The summed E-state index contributed by atoms with van der Waals surface area (Å²) < 4.78 is 4.12. The molecule has 0 amide bonds. The van der Waals surface area contributed by atoms with Crippen LogP contribution < -0.4 is 0 Å². The SMILES string of the molecule is COC(=O)C(Cl)C(Cl)[N+](=O)[O-]. The summed E-state index contributed by atoms with van der Waals surface area (Å²) in [5.74, 6) is -0.914. The van der Waals surface area contributed by atoms with Crippen LogP contribution in [-0.4, -0.2) is 28.9 Å². The highest BCUT2D eigenvalue weighted by molar-refractivity contribution is 6.36. The number of esters is 1. The third-order valence-electron chi connectivity index (χ3n) is 0.869. The van der Waals surface area contributed by atoms with Crippen molar-refractivity contribution in [2.45, 2.75) is 10.9 Å². The highest BCUT2D eigenvalue weighted by Gasteiger charge is 2.34. The molecule has 11 heavy (non-hydrogen) atoms. The summed E-state index contributed by atoms with van der Waals surface area (Å²) in [7, 11) is 1.07. The highest BCUT2D eigenvalue weighted by Crippen LogP contribution is 2.11. The second-order valence-electron chi connectivity index (χ2n) is 1.58. The van der Waals surface area contributed by atoms with Gasteiger partial charge in [0.05, 0.1) is 7.11 Å². The fourth-order valence-corrected chi connectivity index (χ4v) is 0.616. The Hall–Kier alpha value is -0.550. The van der Waals surface area contributed by atoms with Crippen molar-refractivity contribution in [1.82, 2.24) is 0 Å². The number of carbonyl (C=O) groups is 1. The van der Waals surface area contributed by atoms with Crippen molar-refractivity contribution in [2.75, 3.05) is 7.11 Å². The summed E-state index contributed by atoms with van der Waals surface area (Å²) in [5, 5.41) is 8.49. The molecule has 0 heterocycles. The lowest BCUT2D eigenvalue weighted by Crippen LogP contribution is -2.31. The van der Waals surface area contributed by atoms with Gasteiger partial charge in [-0.3, -0.25) is 14.9 Å². The standard InChI is InChI=1S/C4H5Cl2NO4/c1-11-4(8)2(5)3(6)7(9)10/h2-3H,1H3. The van der Waals surface area contributed by atoms with Gasteiger partial charge in [0.2, 0.25) is 5.38 Å². The van der Waals surface area contributed by atoms with Crippen LogP contribution in [-0.2, 0) is 9.53 Å². The molecule has 0 fully saturated rings. The molecular weight excluding hydrogens is 197 g/mol. The minimum atomic E-state index is -1.65. The van der Waals surface area contributed by atoms with Crippen molar-refractivity contribution in [3.63, 3.8) is 0 Å². The van der Waals surface area contributed by atoms with Crippen LogP contribution in [0.4, 0.5) is 0 Å². The van der Waals surface area contributed by atoms with Gasteiger partial charge in [0, 0.05) is 4.92 Å². The second-order valence-corrected chi connectivity index (χ2v) is 2.50. The van der Waals surface area contributed by atoms with Crippen LogP contribution in [0.2, 0.25) is 0 Å². The number of nitrogens with zero attached hydrogens (tertiary/aromatic N) is 1. The Balaban J connectivity index is 4.12. The number of ether oxygens (including phenoxy) is 1. The number of rotatable bonds is 3. The van der Waals surface area contributed by atoms with Gasteiger partial charge < -0.3 is 4.74 Å². The van der Waals surface area contributed by atoms with Crippen molar-refractivity contribution in [3.05, 3.63) is 10.1 Å². The summed E-state index contributed by atoms with van der Waals surface area (Å²) in [4.78, 5) is 19.6. The number of hydrogen-bond donors (Lipinski definition) is 0. The zero-order valence-corrected chi connectivity index (χ0v) is 7.00. The maximum Gasteiger partial charge on any atom is 0.332 e. The molecule has 64 valence electrons. The summed E-state index contributed by atoms with van der Waals surface area (Å²) in [6, 6.07) is 0. The molecule has 0 aromatic rings. The van der Waals surface area contributed by atoms with E-state index in [1.807, 2.05) is 0 Å². The molecule has 0 radical (unpaired) electrons. The van der Waals surface area contributed by atoms with Gasteiger partial charge >= 0.3 is 11.5 Å². The number of hydrogen-bond acceptors (Lipinski definition) is 4. The lowest BCUT2D eigenvalue weighted by Gasteiger charge is -2.05. The lowest BCUT2D eigenvalue weighted by molar-refractivity contribution is -0.496. The van der Waals surface area contributed by atoms with Crippen molar-refractivity contribution in [1.29, 1.82) is 0 Å². The summed E-state index contributed by atoms with van der Waals surface area (Å²) in [5.41, 5.74) is -1.65. The third kappa shape index (κ3) is 2.90. The Morgan fingerprint density at radius 2 is 2.09 bits per heavy atom. The molecule has 5 nitrogen and oxygen atoms in total. The molecule has 0 aliphatic rings. The Morgan fingerprint density at radius 1 is 1.64 bits per heavy atom. The monoisotopic (exact) mass is 201 g/mol. The number of methoxy groups -OCH3 is 1. The quantitative estimate of drug-likeness (QED) is 0.221. The predicted octanol–water partition coefficient (Wildman–Crippen LogP) is 0.608. The van der Waals surface area contributed by atoms with E-state index in [1.54, 1.807) is 0 Å². The fourth-order valence-electron chi connectivity index (χ4n) is 0.332. The largest absolute Gasteiger partial charge is 0.468 e. The summed E-state index contributed by atoms with van der Waals surface area (Å²) >= 11 is 10.3. The van der Waals surface area contributed by atoms with E-state index in [1.165, 1.54) is 0 Å². The maximum absolute atomic E-state index is 10.5. The van der Waals surface area contributed by atoms with Crippen LogP contribution in [0.25, 0.3) is 0 Å². The average Bonchev–Trinajstić information content (AvgIpc) is 2.00. The molecule has 7 heteroatoms. The molecule has 0 N–H and O–H groups in total. The maximum atomic E-state index is 10.5. The summed E-state index contributed by atoms with van der Waals surface area (Å²) in [6.45, 7) is 0. The van der Waals surface area contributed by atoms with E-state index in [0.29, 0.717) is 0 Å². The van der Waals surface area contributed by atoms with Gasteiger partial charge in [0.25, 0.3) is 0 Å². The Morgan fingerprint density at radius 3 is 2.36 bits per heavy atom. The van der Waals surface area contributed by atoms with Gasteiger partial charge in [-0.1, -0.05) is 0 Å². The highest BCUT2D eigenvalue weighted by atomic mass is 35.5. The molecule has 0 aromatic heterocycles. The smallest absolute Gasteiger partial charge is 0.332 e. The van der Waals surface area contributed by atoms with E-state index in [0.717, 1.165) is 7.11 Å². The van der Waals surface area contributed by atoms with E-state index < -0.39 is 21.8 Å². The minimum absolute atomic E-state index is 0.865. The van der Waals surface area contributed by atoms with Gasteiger partial charge in [-0.05, 0) is 11.6 Å². The molecule has 0 saturated carbocycles. The zero-order valence-electron chi connectivity index (χ0n) is 5.49. The molecule has 0 aliphatic heterocycles. The van der Waals surface area contributed by atoms with Gasteiger partial charge in [0.15, 0.2) is 0 Å². The molecular formula is C4H5Cl2NO4. The van der Waals surface area contributed by atoms with Crippen molar-refractivity contribution in [2.24, 2.45) is 0 Å². The van der Waals surface area contributed by atoms with E-state index in [9.17, 15) is 14.9 Å². The van der Waals surface area contributed by atoms with Crippen LogP contribution in [0, 0.1) is 10.1 Å². The normalized spacial score (nSPS) is 15.2. The van der Waals surface area contributed by atoms with Gasteiger partial charge in [-0.2, -0.15) is 0 Å². The van der Waals surface area contributed by atoms with Gasteiger partial charge in [0.1, 0.15) is 0 Å². The predicted molar refractivity (Wildman–Crippen MR) is 38.3 cm³/mol. The summed E-state index contributed by atoms with van der Waals surface area (Å²) in [6.07, 6.45) is 0. The first-order chi connectivity index (χ1) is 5.00. The average molecular weight is 202 g/mol. The molecule has 0 spiro atoms. The number of nitro groups is 1. The molecule has 0 rings (SSSR count).